The minimum Gasteiger partial charge on any atom is -0.468 e. The highest BCUT2D eigenvalue weighted by Crippen LogP contribution is 2.32. The monoisotopic (exact) mass is 396 g/mol. The normalized spacial score (nSPS) is 11.8. The minimum atomic E-state index is -4.39. The van der Waals surface area contributed by atoms with Gasteiger partial charge < -0.3 is 8.92 Å². The number of hydrogen-bond acceptors (Lipinski definition) is 5. The molecule has 0 fully saturated rings. The average molecular weight is 397 g/mol. The zero-order valence-electron chi connectivity index (χ0n) is 13.1. The summed E-state index contributed by atoms with van der Waals surface area (Å²) in [5, 5.41) is -0.00493. The number of rotatable bonds is 6. The van der Waals surface area contributed by atoms with Gasteiger partial charge in [-0.2, -0.15) is 13.4 Å². The van der Waals surface area contributed by atoms with Gasteiger partial charge in [0.15, 0.2) is 6.80 Å². The molecule has 0 amide bonds. The minimum absolute atomic E-state index is 0.0900. The predicted octanol–water partition coefficient (Wildman–Crippen LogP) is 4.02. The van der Waals surface area contributed by atoms with E-state index in [1.165, 1.54) is 25.3 Å². The molecular formula is C14H15Cl2FN2O4S. The molecule has 0 atom stereocenters. The van der Waals surface area contributed by atoms with Gasteiger partial charge in [0, 0.05) is 22.2 Å². The van der Waals surface area contributed by atoms with Crippen LogP contribution >= 0.6 is 23.2 Å². The lowest BCUT2D eigenvalue weighted by molar-refractivity contribution is 0.289. The molecule has 0 radical (unpaired) electrons. The van der Waals surface area contributed by atoms with Crippen molar-refractivity contribution in [3.63, 3.8) is 0 Å². The zero-order chi connectivity index (χ0) is 18.1. The van der Waals surface area contributed by atoms with E-state index in [-0.39, 0.29) is 33.4 Å². The van der Waals surface area contributed by atoms with Crippen molar-refractivity contribution in [2.75, 3.05) is 7.11 Å². The van der Waals surface area contributed by atoms with Crippen molar-refractivity contribution in [1.29, 1.82) is 0 Å². The van der Waals surface area contributed by atoms with Crippen LogP contribution < -0.4 is 8.92 Å². The first-order valence-corrected chi connectivity index (χ1v) is 8.97. The van der Waals surface area contributed by atoms with Gasteiger partial charge >= 0.3 is 10.1 Å². The van der Waals surface area contributed by atoms with Crippen molar-refractivity contribution in [2.24, 2.45) is 0 Å². The lowest BCUT2D eigenvalue weighted by Gasteiger charge is -2.12. The summed E-state index contributed by atoms with van der Waals surface area (Å²) in [5.41, 5.74) is 0.137. The van der Waals surface area contributed by atoms with Gasteiger partial charge in [0.1, 0.15) is 5.75 Å². The Bertz CT molecular complexity index is 832. The molecule has 0 aliphatic heterocycles. The molecule has 24 heavy (non-hydrogen) atoms. The van der Waals surface area contributed by atoms with Crippen molar-refractivity contribution in [1.82, 2.24) is 9.55 Å². The third-order valence-corrected chi connectivity index (χ3v) is 4.79. The van der Waals surface area contributed by atoms with E-state index in [0.29, 0.717) is 0 Å². The second-order valence-electron chi connectivity index (χ2n) is 5.13. The quantitative estimate of drug-likeness (QED) is 0.689. The van der Waals surface area contributed by atoms with E-state index in [0.717, 1.165) is 4.57 Å². The molecule has 2 rings (SSSR count). The lowest BCUT2D eigenvalue weighted by atomic mass is 10.2. The summed E-state index contributed by atoms with van der Waals surface area (Å²) in [4.78, 5) is 4.03. The van der Waals surface area contributed by atoms with Crippen LogP contribution in [0.3, 0.4) is 0 Å². The van der Waals surface area contributed by atoms with Gasteiger partial charge in [0.25, 0.3) is 6.01 Å². The smallest absolute Gasteiger partial charge is 0.357 e. The second kappa shape index (κ2) is 7.16. The molecule has 0 saturated carbocycles. The molecule has 2 aromatic rings. The Balaban J connectivity index is 2.58. The number of nitrogens with zero attached hydrogens (tertiary/aromatic N) is 2. The first-order valence-electron chi connectivity index (χ1n) is 6.80. The second-order valence-corrected chi connectivity index (χ2v) is 7.47. The van der Waals surface area contributed by atoms with Crippen LogP contribution in [0, 0.1) is 0 Å². The molecule has 1 aromatic heterocycles. The zero-order valence-corrected chi connectivity index (χ0v) is 15.4. The third-order valence-electron chi connectivity index (χ3n) is 3.04. The third kappa shape index (κ3) is 3.76. The Kier molecular flexibility index (Phi) is 5.62. The molecule has 0 saturated heterocycles. The van der Waals surface area contributed by atoms with Crippen LogP contribution in [0.5, 0.6) is 11.8 Å². The largest absolute Gasteiger partial charge is 0.468 e. The lowest BCUT2D eigenvalue weighted by Crippen LogP contribution is -2.17. The van der Waals surface area contributed by atoms with E-state index >= 15 is 0 Å². The van der Waals surface area contributed by atoms with Crippen LogP contribution in [0.2, 0.25) is 10.0 Å². The maximum absolute atomic E-state index is 13.4. The molecule has 10 heteroatoms. The first kappa shape index (κ1) is 18.8. The Labute approximate surface area is 149 Å². The van der Waals surface area contributed by atoms with Gasteiger partial charge in [-0.1, -0.05) is 37.0 Å². The van der Waals surface area contributed by atoms with E-state index in [2.05, 4.69) is 4.98 Å². The molecule has 1 aromatic carbocycles. The highest BCUT2D eigenvalue weighted by Gasteiger charge is 2.32. The summed E-state index contributed by atoms with van der Waals surface area (Å²) >= 11 is 11.7. The van der Waals surface area contributed by atoms with E-state index in [4.69, 9.17) is 32.1 Å². The van der Waals surface area contributed by atoms with E-state index < -0.39 is 21.9 Å². The van der Waals surface area contributed by atoms with Crippen LogP contribution in [0.15, 0.2) is 23.2 Å². The van der Waals surface area contributed by atoms with Crippen molar-refractivity contribution < 1.29 is 21.7 Å². The number of benzene rings is 1. The molecule has 1 heterocycles. The Morgan fingerprint density at radius 1 is 1.25 bits per heavy atom. The van der Waals surface area contributed by atoms with E-state index in [1.54, 1.807) is 13.8 Å². The molecule has 0 aliphatic rings. The number of aromatic nitrogens is 2. The number of alkyl halides is 1. The van der Waals surface area contributed by atoms with Crippen molar-refractivity contribution >= 4 is 33.3 Å². The van der Waals surface area contributed by atoms with Gasteiger partial charge in [0.2, 0.25) is 5.03 Å². The summed E-state index contributed by atoms with van der Waals surface area (Å²) in [5.74, 6) is -0.393. The number of hydrogen-bond donors (Lipinski definition) is 0. The maximum Gasteiger partial charge on any atom is 0.357 e. The van der Waals surface area contributed by atoms with Crippen molar-refractivity contribution in [2.45, 2.75) is 31.6 Å². The van der Waals surface area contributed by atoms with Gasteiger partial charge in [-0.15, -0.1) is 0 Å². The molecule has 0 bridgehead atoms. The molecule has 132 valence electrons. The van der Waals surface area contributed by atoms with Gasteiger partial charge in [-0.05, 0) is 12.0 Å². The van der Waals surface area contributed by atoms with Gasteiger partial charge in [-0.25, -0.2) is 4.39 Å². The fraction of sp³-hybridized carbons (Fsp3) is 0.357. The Morgan fingerprint density at radius 3 is 2.29 bits per heavy atom. The SMILES string of the molecule is COc1nc(C(C)C)c(S(=O)(=O)Oc2cc(Cl)cc(Cl)c2)n1CF. The van der Waals surface area contributed by atoms with Crippen molar-refractivity contribution in [3.05, 3.63) is 33.9 Å². The van der Waals surface area contributed by atoms with Crippen LogP contribution in [0.4, 0.5) is 4.39 Å². The first-order chi connectivity index (χ1) is 11.2. The predicted molar refractivity (Wildman–Crippen MR) is 88.3 cm³/mol. The highest BCUT2D eigenvalue weighted by atomic mass is 35.5. The standard InChI is InChI=1S/C14H15Cl2FN2O4S/c1-8(2)12-13(19(7-17)14(18-12)22-3)24(20,21)23-11-5-9(15)4-10(16)6-11/h4-6,8H,7H2,1-3H3. The van der Waals surface area contributed by atoms with Gasteiger partial charge in [0.05, 0.1) is 12.8 Å². The molecule has 0 N–H and O–H groups in total. The fourth-order valence-corrected chi connectivity index (χ4v) is 3.95. The molecule has 0 unspecified atom stereocenters. The summed E-state index contributed by atoms with van der Waals surface area (Å²) in [6.45, 7) is 2.30. The van der Waals surface area contributed by atoms with E-state index in [9.17, 15) is 12.8 Å². The van der Waals surface area contributed by atoms with Crippen molar-refractivity contribution in [3.8, 4) is 11.8 Å². The summed E-state index contributed by atoms with van der Waals surface area (Å²) in [6, 6.07) is 3.84. The van der Waals surface area contributed by atoms with Crippen LogP contribution in [-0.4, -0.2) is 25.1 Å². The summed E-state index contributed by atoms with van der Waals surface area (Å²) in [7, 11) is -3.12. The highest BCUT2D eigenvalue weighted by molar-refractivity contribution is 7.87. The fourth-order valence-electron chi connectivity index (χ4n) is 2.08. The van der Waals surface area contributed by atoms with Crippen LogP contribution in [-0.2, 0) is 16.9 Å². The topological polar surface area (TPSA) is 70.4 Å². The number of halogens is 3. The molecule has 0 aliphatic carbocycles. The van der Waals surface area contributed by atoms with E-state index in [1.807, 2.05) is 0 Å². The summed E-state index contributed by atoms with van der Waals surface area (Å²) < 4.78 is 49.5. The van der Waals surface area contributed by atoms with Crippen LogP contribution in [0.25, 0.3) is 0 Å². The molecule has 0 spiro atoms. The summed E-state index contributed by atoms with van der Waals surface area (Å²) in [6.07, 6.45) is 0. The van der Waals surface area contributed by atoms with Crippen LogP contribution in [0.1, 0.15) is 25.5 Å². The average Bonchev–Trinajstić information content (AvgIpc) is 2.85. The number of imidazole rings is 1. The molecule has 6 nitrogen and oxygen atoms in total. The Hall–Kier alpha value is -1.51. The number of ether oxygens (including phenoxy) is 1. The number of methoxy groups -OCH3 is 1. The molecular weight excluding hydrogens is 382 g/mol. The maximum atomic E-state index is 13.4. The Morgan fingerprint density at radius 2 is 1.83 bits per heavy atom. The van der Waals surface area contributed by atoms with Gasteiger partial charge in [-0.3, -0.25) is 4.57 Å².